The number of rotatable bonds is 2. The number of nitrogens with zero attached hydrogens (tertiary/aromatic N) is 2. The van der Waals surface area contributed by atoms with E-state index in [1.54, 1.807) is 4.90 Å². The number of nitro benzene ring substituents is 1. The Morgan fingerprint density at radius 2 is 2.25 bits per heavy atom. The fraction of sp³-hybridized carbons (Fsp3) is 0.300. The molecule has 0 aromatic heterocycles. The zero-order chi connectivity index (χ0) is 11.7. The van der Waals surface area contributed by atoms with Gasteiger partial charge in [-0.05, 0) is 28.8 Å². The van der Waals surface area contributed by atoms with Gasteiger partial charge in [-0.25, -0.2) is 4.39 Å². The lowest BCUT2D eigenvalue weighted by atomic mass is 10.2. The minimum absolute atomic E-state index is 0.0661. The zero-order valence-electron chi connectivity index (χ0n) is 8.32. The second kappa shape index (κ2) is 4.37. The second-order valence-electron chi connectivity index (χ2n) is 3.54. The molecule has 0 amide bonds. The van der Waals surface area contributed by atoms with E-state index in [9.17, 15) is 14.5 Å². The van der Waals surface area contributed by atoms with Crippen LogP contribution in [0, 0.1) is 22.4 Å². The normalized spacial score (nSPS) is 15.5. The van der Waals surface area contributed by atoms with Crippen molar-refractivity contribution in [2.45, 2.75) is 6.42 Å². The van der Waals surface area contributed by atoms with Crippen LogP contribution < -0.4 is 4.90 Å². The summed E-state index contributed by atoms with van der Waals surface area (Å²) < 4.78 is 13.5. The summed E-state index contributed by atoms with van der Waals surface area (Å²) in [5.74, 6) is -0.479. The summed E-state index contributed by atoms with van der Waals surface area (Å²) >= 11 is 2.95. The van der Waals surface area contributed by atoms with Gasteiger partial charge in [0.15, 0.2) is 0 Å². The van der Waals surface area contributed by atoms with Crippen molar-refractivity contribution in [3.05, 3.63) is 39.0 Å². The van der Waals surface area contributed by atoms with E-state index in [0.29, 0.717) is 18.8 Å². The first-order chi connectivity index (χ1) is 7.59. The average molecular weight is 288 g/mol. The molecule has 1 saturated heterocycles. The lowest BCUT2D eigenvalue weighted by Gasteiger charge is -2.17. The fourth-order valence-corrected chi connectivity index (χ4v) is 2.06. The first kappa shape index (κ1) is 11.3. The Kier molecular flexibility index (Phi) is 3.09. The second-order valence-corrected chi connectivity index (χ2v) is 4.39. The Hall–Kier alpha value is -1.17. The molecular weight excluding hydrogens is 279 g/mol. The van der Waals surface area contributed by atoms with E-state index in [4.69, 9.17) is 0 Å². The number of nitro groups is 1. The number of hydrogen-bond acceptors (Lipinski definition) is 3. The Morgan fingerprint density at radius 3 is 2.81 bits per heavy atom. The lowest BCUT2D eigenvalue weighted by Crippen LogP contribution is -2.19. The predicted molar refractivity (Wildman–Crippen MR) is 61.9 cm³/mol. The SMILES string of the molecule is O=[N+]([O-])c1cc(Br)c(F)cc1N1C[CH]CC1. The minimum Gasteiger partial charge on any atom is -0.366 e. The summed E-state index contributed by atoms with van der Waals surface area (Å²) in [6, 6.07) is 2.42. The molecule has 1 fully saturated rings. The van der Waals surface area contributed by atoms with Gasteiger partial charge in [0, 0.05) is 25.2 Å². The summed E-state index contributed by atoms with van der Waals surface area (Å²) in [6.45, 7) is 1.32. The third-order valence-corrected chi connectivity index (χ3v) is 3.12. The van der Waals surface area contributed by atoms with Gasteiger partial charge in [0.1, 0.15) is 11.5 Å². The summed E-state index contributed by atoms with van der Waals surface area (Å²) in [5, 5.41) is 10.9. The molecule has 0 atom stereocenters. The lowest BCUT2D eigenvalue weighted by molar-refractivity contribution is -0.384. The van der Waals surface area contributed by atoms with Gasteiger partial charge in [0.25, 0.3) is 5.69 Å². The number of benzene rings is 1. The van der Waals surface area contributed by atoms with E-state index in [1.165, 1.54) is 12.1 Å². The highest BCUT2D eigenvalue weighted by Crippen LogP contribution is 2.34. The van der Waals surface area contributed by atoms with E-state index in [-0.39, 0.29) is 10.2 Å². The van der Waals surface area contributed by atoms with Crippen LogP contribution in [0.5, 0.6) is 0 Å². The predicted octanol–water partition coefficient (Wildman–Crippen LogP) is 2.91. The van der Waals surface area contributed by atoms with Gasteiger partial charge in [-0.2, -0.15) is 0 Å². The van der Waals surface area contributed by atoms with Crippen molar-refractivity contribution in [3.63, 3.8) is 0 Å². The first-order valence-electron chi connectivity index (χ1n) is 4.79. The zero-order valence-corrected chi connectivity index (χ0v) is 9.91. The molecule has 1 heterocycles. The van der Waals surface area contributed by atoms with E-state index in [0.717, 1.165) is 6.42 Å². The average Bonchev–Trinajstić information content (AvgIpc) is 2.74. The van der Waals surface area contributed by atoms with Crippen molar-refractivity contribution in [1.82, 2.24) is 0 Å². The van der Waals surface area contributed by atoms with Crippen molar-refractivity contribution in [3.8, 4) is 0 Å². The van der Waals surface area contributed by atoms with Crippen LogP contribution in [0.1, 0.15) is 6.42 Å². The maximum atomic E-state index is 13.4. The molecule has 0 unspecified atom stereocenters. The summed E-state index contributed by atoms with van der Waals surface area (Å²) in [4.78, 5) is 12.2. The quantitative estimate of drug-likeness (QED) is 0.621. The molecule has 1 radical (unpaired) electrons. The van der Waals surface area contributed by atoms with Crippen molar-refractivity contribution in [2.75, 3.05) is 18.0 Å². The maximum absolute atomic E-state index is 13.4. The molecule has 0 N–H and O–H groups in total. The minimum atomic E-state index is -0.488. The molecule has 16 heavy (non-hydrogen) atoms. The van der Waals surface area contributed by atoms with Crippen LogP contribution in [0.3, 0.4) is 0 Å². The monoisotopic (exact) mass is 287 g/mol. The Morgan fingerprint density at radius 1 is 1.50 bits per heavy atom. The molecule has 6 heteroatoms. The first-order valence-corrected chi connectivity index (χ1v) is 5.59. The van der Waals surface area contributed by atoms with Crippen LogP contribution in [0.25, 0.3) is 0 Å². The molecule has 4 nitrogen and oxygen atoms in total. The standard InChI is InChI=1S/C10H9BrFN2O2/c11-7-5-10(14(15)16)9(6-8(7)12)13-3-1-2-4-13/h1,5-6H,2-4H2. The van der Waals surface area contributed by atoms with E-state index in [1.807, 2.05) is 6.42 Å². The molecule has 1 aliphatic rings. The van der Waals surface area contributed by atoms with Gasteiger partial charge in [-0.15, -0.1) is 0 Å². The van der Waals surface area contributed by atoms with Crippen LogP contribution >= 0.6 is 15.9 Å². The van der Waals surface area contributed by atoms with Gasteiger partial charge in [0.05, 0.1) is 9.40 Å². The van der Waals surface area contributed by atoms with E-state index < -0.39 is 10.7 Å². The van der Waals surface area contributed by atoms with Crippen LogP contribution in [0.2, 0.25) is 0 Å². The Balaban J connectivity index is 2.48. The number of halogens is 2. The Labute approximate surface area is 100 Å². The summed E-state index contributed by atoms with van der Waals surface area (Å²) in [7, 11) is 0. The molecule has 0 saturated carbocycles. The maximum Gasteiger partial charge on any atom is 0.293 e. The molecule has 0 spiro atoms. The number of hydrogen-bond donors (Lipinski definition) is 0. The molecule has 1 aromatic rings. The van der Waals surface area contributed by atoms with Crippen LogP contribution in [0.15, 0.2) is 16.6 Å². The van der Waals surface area contributed by atoms with Crippen LogP contribution in [0.4, 0.5) is 15.8 Å². The summed E-state index contributed by atoms with van der Waals surface area (Å²) in [6.07, 6.45) is 2.89. The highest BCUT2D eigenvalue weighted by molar-refractivity contribution is 9.10. The molecule has 2 rings (SSSR count). The van der Waals surface area contributed by atoms with Gasteiger partial charge >= 0.3 is 0 Å². The fourth-order valence-electron chi connectivity index (χ4n) is 1.73. The van der Waals surface area contributed by atoms with Crippen molar-refractivity contribution in [2.24, 2.45) is 0 Å². The molecule has 1 aliphatic heterocycles. The molecule has 0 aliphatic carbocycles. The van der Waals surface area contributed by atoms with Gasteiger partial charge in [0.2, 0.25) is 0 Å². The van der Waals surface area contributed by atoms with Crippen molar-refractivity contribution in [1.29, 1.82) is 0 Å². The van der Waals surface area contributed by atoms with Gasteiger partial charge in [-0.3, -0.25) is 10.1 Å². The number of anilines is 1. The van der Waals surface area contributed by atoms with E-state index in [2.05, 4.69) is 15.9 Å². The largest absolute Gasteiger partial charge is 0.366 e. The Bertz CT molecular complexity index is 433. The summed E-state index contributed by atoms with van der Waals surface area (Å²) in [5.41, 5.74) is 0.281. The third-order valence-electron chi connectivity index (χ3n) is 2.51. The topological polar surface area (TPSA) is 46.4 Å². The highest BCUT2D eigenvalue weighted by Gasteiger charge is 2.24. The van der Waals surface area contributed by atoms with Crippen LogP contribution in [-0.2, 0) is 0 Å². The molecule has 0 bridgehead atoms. The smallest absolute Gasteiger partial charge is 0.293 e. The molecular formula is C10H9BrFN2O2. The third kappa shape index (κ3) is 2.02. The van der Waals surface area contributed by atoms with Gasteiger partial charge in [-0.1, -0.05) is 0 Å². The van der Waals surface area contributed by atoms with Crippen molar-refractivity contribution < 1.29 is 9.31 Å². The molecule has 85 valence electrons. The van der Waals surface area contributed by atoms with E-state index >= 15 is 0 Å². The van der Waals surface area contributed by atoms with Gasteiger partial charge < -0.3 is 4.90 Å². The van der Waals surface area contributed by atoms with Crippen molar-refractivity contribution >= 4 is 27.3 Å². The highest BCUT2D eigenvalue weighted by atomic mass is 79.9. The molecule has 1 aromatic carbocycles. The van der Waals surface area contributed by atoms with Crippen LogP contribution in [-0.4, -0.2) is 18.0 Å².